The van der Waals surface area contributed by atoms with Crippen molar-refractivity contribution in [1.82, 2.24) is 4.98 Å². The molecule has 0 amide bonds. The minimum Gasteiger partial charge on any atom is -0.478 e. The number of carbonyl (C=O) groups is 1. The third-order valence-electron chi connectivity index (χ3n) is 2.48. The summed E-state index contributed by atoms with van der Waals surface area (Å²) >= 11 is 5.93. The fourth-order valence-corrected chi connectivity index (χ4v) is 1.96. The molecule has 2 rings (SSSR count). The van der Waals surface area contributed by atoms with Crippen LogP contribution < -0.4 is 4.90 Å². The number of hydrogen-bond acceptors (Lipinski definition) is 3. The smallest absolute Gasteiger partial charge is 0.339 e. The Morgan fingerprint density at radius 3 is 2.71 bits per heavy atom. The van der Waals surface area contributed by atoms with Gasteiger partial charge < -0.3 is 10.0 Å². The van der Waals surface area contributed by atoms with Crippen molar-refractivity contribution < 1.29 is 9.90 Å². The van der Waals surface area contributed by atoms with E-state index in [9.17, 15) is 4.79 Å². The molecule has 0 aliphatic heterocycles. The number of benzene rings is 1. The maximum atomic E-state index is 11.2. The van der Waals surface area contributed by atoms with Gasteiger partial charge in [0.2, 0.25) is 0 Å². The van der Waals surface area contributed by atoms with Crippen LogP contribution in [-0.2, 0) is 0 Å². The van der Waals surface area contributed by atoms with Crippen LogP contribution in [0.5, 0.6) is 0 Å². The summed E-state index contributed by atoms with van der Waals surface area (Å²) in [7, 11) is 3.59. The van der Waals surface area contributed by atoms with Gasteiger partial charge in [0.1, 0.15) is 5.56 Å². The Balaban J connectivity index is 2.87. The first-order valence-electron chi connectivity index (χ1n) is 4.99. The van der Waals surface area contributed by atoms with E-state index in [4.69, 9.17) is 16.7 Å². The highest BCUT2D eigenvalue weighted by atomic mass is 35.5. The molecule has 2 aromatic rings. The molecule has 0 saturated heterocycles. The average molecular weight is 251 g/mol. The Hall–Kier alpha value is -1.81. The molecule has 0 unspecified atom stereocenters. The number of aromatic nitrogens is 1. The molecular weight excluding hydrogens is 240 g/mol. The largest absolute Gasteiger partial charge is 0.478 e. The summed E-state index contributed by atoms with van der Waals surface area (Å²) < 4.78 is 0. The highest BCUT2D eigenvalue weighted by Gasteiger charge is 2.16. The maximum absolute atomic E-state index is 11.2. The zero-order chi connectivity index (χ0) is 12.6. The van der Waals surface area contributed by atoms with E-state index in [1.807, 2.05) is 0 Å². The third kappa shape index (κ3) is 2.03. The minimum absolute atomic E-state index is 0.171. The molecule has 5 heteroatoms. The Morgan fingerprint density at radius 1 is 1.41 bits per heavy atom. The second kappa shape index (κ2) is 4.22. The number of anilines is 1. The maximum Gasteiger partial charge on any atom is 0.339 e. The van der Waals surface area contributed by atoms with Crippen LogP contribution in [0.15, 0.2) is 24.4 Å². The molecule has 0 fully saturated rings. The normalized spacial score (nSPS) is 10.5. The van der Waals surface area contributed by atoms with Crippen molar-refractivity contribution in [2.24, 2.45) is 0 Å². The summed E-state index contributed by atoms with van der Waals surface area (Å²) in [4.78, 5) is 17.0. The molecule has 1 heterocycles. The van der Waals surface area contributed by atoms with Crippen molar-refractivity contribution in [3.8, 4) is 0 Å². The number of aromatic carboxylic acids is 1. The van der Waals surface area contributed by atoms with Gasteiger partial charge in [-0.1, -0.05) is 11.6 Å². The molecular formula is C12H11ClN2O2. The fraction of sp³-hybridized carbons (Fsp3) is 0.167. The van der Waals surface area contributed by atoms with Crippen LogP contribution in [0.25, 0.3) is 10.9 Å². The molecule has 1 aromatic heterocycles. The van der Waals surface area contributed by atoms with Crippen LogP contribution in [-0.4, -0.2) is 30.2 Å². The van der Waals surface area contributed by atoms with E-state index >= 15 is 0 Å². The van der Waals surface area contributed by atoms with Gasteiger partial charge >= 0.3 is 5.97 Å². The SMILES string of the molecule is CN(C)c1c(C(=O)O)cnc2ccc(Cl)cc12. The van der Waals surface area contributed by atoms with Crippen molar-refractivity contribution in [2.75, 3.05) is 19.0 Å². The lowest BCUT2D eigenvalue weighted by molar-refractivity contribution is 0.0697. The van der Waals surface area contributed by atoms with Crippen LogP contribution in [0.4, 0.5) is 5.69 Å². The molecule has 4 nitrogen and oxygen atoms in total. The molecule has 0 bridgehead atoms. The molecule has 1 aromatic carbocycles. The van der Waals surface area contributed by atoms with Crippen molar-refractivity contribution in [2.45, 2.75) is 0 Å². The van der Waals surface area contributed by atoms with Crippen LogP contribution in [0.2, 0.25) is 5.02 Å². The lowest BCUT2D eigenvalue weighted by Crippen LogP contribution is -2.14. The topological polar surface area (TPSA) is 53.4 Å². The first-order chi connectivity index (χ1) is 8.00. The van der Waals surface area contributed by atoms with Crippen molar-refractivity contribution in [3.05, 3.63) is 35.0 Å². The fourth-order valence-electron chi connectivity index (χ4n) is 1.79. The number of rotatable bonds is 2. The van der Waals surface area contributed by atoms with E-state index in [-0.39, 0.29) is 5.56 Å². The summed E-state index contributed by atoms with van der Waals surface area (Å²) in [5.41, 5.74) is 1.51. The first-order valence-corrected chi connectivity index (χ1v) is 5.37. The summed E-state index contributed by atoms with van der Waals surface area (Å²) in [6.45, 7) is 0. The number of pyridine rings is 1. The zero-order valence-corrected chi connectivity index (χ0v) is 10.2. The molecule has 17 heavy (non-hydrogen) atoms. The highest BCUT2D eigenvalue weighted by molar-refractivity contribution is 6.31. The third-order valence-corrected chi connectivity index (χ3v) is 2.71. The predicted molar refractivity (Wildman–Crippen MR) is 68.0 cm³/mol. The van der Waals surface area contributed by atoms with Gasteiger partial charge in [-0.15, -0.1) is 0 Å². The Bertz CT molecular complexity index is 596. The Kier molecular flexibility index (Phi) is 2.90. The van der Waals surface area contributed by atoms with Gasteiger partial charge in [0.05, 0.1) is 11.2 Å². The Morgan fingerprint density at radius 2 is 2.12 bits per heavy atom. The first kappa shape index (κ1) is 11.7. The lowest BCUT2D eigenvalue weighted by atomic mass is 10.1. The van der Waals surface area contributed by atoms with E-state index in [0.717, 1.165) is 10.9 Å². The summed E-state index contributed by atoms with van der Waals surface area (Å²) in [5.74, 6) is -0.997. The van der Waals surface area contributed by atoms with E-state index < -0.39 is 5.97 Å². The molecule has 0 aliphatic carbocycles. The number of carboxylic acid groups (broad SMARTS) is 1. The summed E-state index contributed by atoms with van der Waals surface area (Å²) in [5, 5.41) is 10.4. The van der Waals surface area contributed by atoms with Gasteiger partial charge in [-0.2, -0.15) is 0 Å². The van der Waals surface area contributed by atoms with Gasteiger partial charge in [-0.25, -0.2) is 4.79 Å². The quantitative estimate of drug-likeness (QED) is 0.890. The minimum atomic E-state index is -0.997. The van der Waals surface area contributed by atoms with Crippen LogP contribution in [0.3, 0.4) is 0 Å². The summed E-state index contributed by atoms with van der Waals surface area (Å²) in [6, 6.07) is 5.23. The highest BCUT2D eigenvalue weighted by Crippen LogP contribution is 2.30. The molecule has 0 atom stereocenters. The van der Waals surface area contributed by atoms with E-state index in [0.29, 0.717) is 10.7 Å². The van der Waals surface area contributed by atoms with Crippen LogP contribution in [0.1, 0.15) is 10.4 Å². The average Bonchev–Trinajstić information content (AvgIpc) is 2.26. The van der Waals surface area contributed by atoms with Gasteiger partial charge in [0, 0.05) is 30.7 Å². The van der Waals surface area contributed by atoms with E-state index in [1.165, 1.54) is 6.20 Å². The molecule has 0 radical (unpaired) electrons. The monoisotopic (exact) mass is 250 g/mol. The number of carboxylic acids is 1. The zero-order valence-electron chi connectivity index (χ0n) is 9.44. The van der Waals surface area contributed by atoms with E-state index in [2.05, 4.69) is 4.98 Å². The summed E-state index contributed by atoms with van der Waals surface area (Å²) in [6.07, 6.45) is 1.37. The lowest BCUT2D eigenvalue weighted by Gasteiger charge is -2.17. The van der Waals surface area contributed by atoms with E-state index in [1.54, 1.807) is 37.2 Å². The van der Waals surface area contributed by atoms with Crippen LogP contribution >= 0.6 is 11.6 Å². The molecule has 0 aliphatic rings. The predicted octanol–water partition coefficient (Wildman–Crippen LogP) is 2.65. The Labute approximate surface area is 103 Å². The second-order valence-electron chi connectivity index (χ2n) is 3.88. The number of nitrogens with zero attached hydrogens (tertiary/aromatic N) is 2. The molecule has 0 spiro atoms. The number of fused-ring (bicyclic) bond motifs is 1. The molecule has 1 N–H and O–H groups in total. The van der Waals surface area contributed by atoms with Crippen molar-refractivity contribution >= 4 is 34.2 Å². The van der Waals surface area contributed by atoms with Crippen LogP contribution in [0, 0.1) is 0 Å². The van der Waals surface area contributed by atoms with Gasteiger partial charge in [0.15, 0.2) is 0 Å². The van der Waals surface area contributed by atoms with Gasteiger partial charge in [-0.3, -0.25) is 4.98 Å². The molecule has 88 valence electrons. The van der Waals surface area contributed by atoms with Gasteiger partial charge in [0.25, 0.3) is 0 Å². The molecule has 0 saturated carbocycles. The van der Waals surface area contributed by atoms with Crippen molar-refractivity contribution in [3.63, 3.8) is 0 Å². The number of halogens is 1. The second-order valence-corrected chi connectivity index (χ2v) is 4.32. The van der Waals surface area contributed by atoms with Crippen molar-refractivity contribution in [1.29, 1.82) is 0 Å². The standard InChI is InChI=1S/C12H11ClN2O2/c1-15(2)11-8-5-7(13)3-4-10(8)14-6-9(11)12(16)17/h3-6H,1-2H3,(H,16,17). The number of hydrogen-bond donors (Lipinski definition) is 1. The van der Waals surface area contributed by atoms with Gasteiger partial charge in [-0.05, 0) is 18.2 Å².